The number of nitrogens with one attached hydrogen (secondary N) is 1. The van der Waals surface area contributed by atoms with Crippen LogP contribution in [0.5, 0.6) is 0 Å². The number of aromatic nitrogens is 1. The average Bonchev–Trinajstić information content (AvgIpc) is 3.17. The SMILES string of the molecule is CC(C)NC(=O)[C@H]1C[C@@H]2CCN(Cc3ccncc3)C[C@@H]2O1.O=C(O)C(F)(F)F.O=C(O)C(F)(F)F. The van der Waals surface area contributed by atoms with E-state index in [0.29, 0.717) is 5.92 Å². The summed E-state index contributed by atoms with van der Waals surface area (Å²) in [7, 11) is 0. The summed E-state index contributed by atoms with van der Waals surface area (Å²) in [4.78, 5) is 36.4. The molecule has 0 radical (unpaired) electrons. The van der Waals surface area contributed by atoms with Gasteiger partial charge in [-0.1, -0.05) is 0 Å². The van der Waals surface area contributed by atoms with Gasteiger partial charge in [0.1, 0.15) is 6.10 Å². The maximum atomic E-state index is 12.1. The molecule has 3 rings (SSSR count). The molecular weight excluding hydrogens is 504 g/mol. The van der Waals surface area contributed by atoms with Crippen LogP contribution >= 0.6 is 0 Å². The van der Waals surface area contributed by atoms with Crippen molar-refractivity contribution in [2.24, 2.45) is 5.92 Å². The summed E-state index contributed by atoms with van der Waals surface area (Å²) < 4.78 is 69.5. The first kappa shape index (κ1) is 31.1. The van der Waals surface area contributed by atoms with Crippen LogP contribution in [0.2, 0.25) is 0 Å². The lowest BCUT2D eigenvalue weighted by atomic mass is 9.91. The number of piperidine rings is 1. The van der Waals surface area contributed by atoms with Gasteiger partial charge in [-0.05, 0) is 56.8 Å². The van der Waals surface area contributed by atoms with Crippen molar-refractivity contribution in [2.75, 3.05) is 13.1 Å². The van der Waals surface area contributed by atoms with E-state index < -0.39 is 24.3 Å². The predicted molar refractivity (Wildman–Crippen MR) is 112 cm³/mol. The fraction of sp³-hybridized carbons (Fsp3) is 0.619. The molecule has 1 aromatic rings. The lowest BCUT2D eigenvalue weighted by Crippen LogP contribution is -2.42. The second-order valence-corrected chi connectivity index (χ2v) is 8.31. The molecule has 2 saturated heterocycles. The van der Waals surface area contributed by atoms with Gasteiger partial charge in [-0.25, -0.2) is 9.59 Å². The molecule has 2 aliphatic rings. The van der Waals surface area contributed by atoms with Crippen molar-refractivity contribution in [1.82, 2.24) is 15.2 Å². The number of ether oxygens (including phenoxy) is 1. The minimum atomic E-state index is -5.08. The van der Waals surface area contributed by atoms with Crippen molar-refractivity contribution in [2.45, 2.75) is 63.8 Å². The highest BCUT2D eigenvalue weighted by Gasteiger charge is 2.42. The van der Waals surface area contributed by atoms with E-state index in [1.165, 1.54) is 5.56 Å². The summed E-state index contributed by atoms with van der Waals surface area (Å²) >= 11 is 0. The number of nitrogens with zero attached hydrogens (tertiary/aromatic N) is 2. The molecule has 0 bridgehead atoms. The number of carboxylic acids is 2. The van der Waals surface area contributed by atoms with Crippen LogP contribution in [0.25, 0.3) is 0 Å². The number of rotatable bonds is 4. The Labute approximate surface area is 202 Å². The number of pyridine rings is 1. The van der Waals surface area contributed by atoms with Crippen LogP contribution in [0.1, 0.15) is 32.3 Å². The fourth-order valence-electron chi connectivity index (χ4n) is 3.43. The minimum absolute atomic E-state index is 0.0464. The third-order valence-corrected chi connectivity index (χ3v) is 5.00. The third-order valence-electron chi connectivity index (χ3n) is 5.00. The van der Waals surface area contributed by atoms with Crippen LogP contribution in [0.15, 0.2) is 24.5 Å². The van der Waals surface area contributed by atoms with E-state index in [4.69, 9.17) is 24.5 Å². The maximum Gasteiger partial charge on any atom is 0.490 e. The number of carbonyl (C=O) groups excluding carboxylic acids is 1. The van der Waals surface area contributed by atoms with E-state index in [1.807, 2.05) is 26.2 Å². The first-order chi connectivity index (χ1) is 16.5. The molecule has 2 fully saturated rings. The number of hydrogen-bond acceptors (Lipinski definition) is 6. The standard InChI is InChI=1S/C17H25N3O2.2C2HF3O2/c1-12(2)19-17(21)15-9-14-5-8-20(11-16(14)22-15)10-13-3-6-18-7-4-13;2*3-2(4,5)1(6)7/h3-4,6-7,12,14-16H,5,8-11H2,1-2H3,(H,19,21);2*(H,6,7)/t14-,15+,16-;;/m0../s1. The zero-order valence-corrected chi connectivity index (χ0v) is 19.3. The van der Waals surface area contributed by atoms with Crippen LogP contribution in [-0.2, 0) is 25.7 Å². The van der Waals surface area contributed by atoms with Crippen molar-refractivity contribution in [3.63, 3.8) is 0 Å². The van der Waals surface area contributed by atoms with Crippen molar-refractivity contribution in [1.29, 1.82) is 0 Å². The Morgan fingerprint density at radius 1 is 1.08 bits per heavy atom. The molecule has 0 spiro atoms. The Balaban J connectivity index is 0.000000383. The molecule has 3 heterocycles. The molecule has 3 atom stereocenters. The second-order valence-electron chi connectivity index (χ2n) is 8.31. The molecule has 0 unspecified atom stereocenters. The zero-order chi connectivity index (χ0) is 27.7. The first-order valence-corrected chi connectivity index (χ1v) is 10.7. The number of likely N-dealkylation sites (tertiary alicyclic amines) is 1. The maximum absolute atomic E-state index is 12.1. The van der Waals surface area contributed by atoms with Gasteiger partial charge >= 0.3 is 24.3 Å². The van der Waals surface area contributed by atoms with Gasteiger partial charge in [0.2, 0.25) is 5.91 Å². The number of amides is 1. The Bertz CT molecular complexity index is 842. The molecule has 0 saturated carbocycles. The van der Waals surface area contributed by atoms with E-state index in [2.05, 4.69) is 27.3 Å². The smallest absolute Gasteiger partial charge is 0.475 e. The summed E-state index contributed by atoms with van der Waals surface area (Å²) in [6.45, 7) is 6.88. The van der Waals surface area contributed by atoms with Gasteiger partial charge in [0.25, 0.3) is 0 Å². The normalized spacial score (nSPS) is 21.9. The lowest BCUT2D eigenvalue weighted by molar-refractivity contribution is -0.193. The number of fused-ring (bicyclic) bond motifs is 1. The fourth-order valence-corrected chi connectivity index (χ4v) is 3.43. The lowest BCUT2D eigenvalue weighted by Gasteiger charge is -2.34. The van der Waals surface area contributed by atoms with Crippen LogP contribution in [0.4, 0.5) is 26.3 Å². The predicted octanol–water partition coefficient (Wildman–Crippen LogP) is 2.85. The first-order valence-electron chi connectivity index (χ1n) is 10.7. The second kappa shape index (κ2) is 13.4. The summed E-state index contributed by atoms with van der Waals surface area (Å²) in [5.74, 6) is -4.94. The van der Waals surface area contributed by atoms with Gasteiger partial charge in [0, 0.05) is 31.5 Å². The summed E-state index contributed by atoms with van der Waals surface area (Å²) in [5, 5.41) is 17.2. The van der Waals surface area contributed by atoms with Gasteiger partial charge in [-0.2, -0.15) is 26.3 Å². The topological polar surface area (TPSA) is 129 Å². The molecule has 15 heteroatoms. The van der Waals surface area contributed by atoms with Crippen molar-refractivity contribution >= 4 is 17.8 Å². The number of carbonyl (C=O) groups is 3. The minimum Gasteiger partial charge on any atom is -0.475 e. The largest absolute Gasteiger partial charge is 0.490 e. The van der Waals surface area contributed by atoms with Gasteiger partial charge in [0.15, 0.2) is 0 Å². The van der Waals surface area contributed by atoms with Crippen LogP contribution in [0, 0.1) is 5.92 Å². The molecule has 204 valence electrons. The van der Waals surface area contributed by atoms with Crippen LogP contribution in [-0.4, -0.2) is 81.6 Å². The van der Waals surface area contributed by atoms with Crippen LogP contribution in [0.3, 0.4) is 0 Å². The molecule has 3 N–H and O–H groups in total. The van der Waals surface area contributed by atoms with Gasteiger partial charge in [-0.15, -0.1) is 0 Å². The van der Waals surface area contributed by atoms with Gasteiger partial charge < -0.3 is 20.3 Å². The summed E-state index contributed by atoms with van der Waals surface area (Å²) in [6.07, 6.45) is -4.59. The molecule has 9 nitrogen and oxygen atoms in total. The van der Waals surface area contributed by atoms with Crippen LogP contribution < -0.4 is 5.32 Å². The average molecular weight is 531 g/mol. The molecule has 1 aromatic heterocycles. The molecule has 0 aromatic carbocycles. The van der Waals surface area contributed by atoms with E-state index in [9.17, 15) is 31.1 Å². The zero-order valence-electron chi connectivity index (χ0n) is 19.3. The van der Waals surface area contributed by atoms with E-state index >= 15 is 0 Å². The molecular formula is C21H27F6N3O6. The van der Waals surface area contributed by atoms with Crippen molar-refractivity contribution in [3.05, 3.63) is 30.1 Å². The van der Waals surface area contributed by atoms with Crippen molar-refractivity contribution < 1.29 is 55.7 Å². The molecule has 0 aliphatic carbocycles. The molecule has 2 aliphatic heterocycles. The number of alkyl halides is 6. The quantitative estimate of drug-likeness (QED) is 0.506. The Kier molecular flexibility index (Phi) is 11.6. The number of hydrogen-bond donors (Lipinski definition) is 3. The highest BCUT2D eigenvalue weighted by molar-refractivity contribution is 5.81. The molecule has 1 amide bonds. The highest BCUT2D eigenvalue weighted by atomic mass is 19.4. The van der Waals surface area contributed by atoms with Crippen molar-refractivity contribution in [3.8, 4) is 0 Å². The van der Waals surface area contributed by atoms with E-state index in [0.717, 1.165) is 32.5 Å². The Morgan fingerprint density at radius 2 is 1.58 bits per heavy atom. The Morgan fingerprint density at radius 3 is 2.03 bits per heavy atom. The number of carboxylic acid groups (broad SMARTS) is 2. The Hall–Kier alpha value is -2.94. The number of aliphatic carboxylic acids is 2. The van der Waals surface area contributed by atoms with Gasteiger partial charge in [0.05, 0.1) is 6.10 Å². The molecule has 36 heavy (non-hydrogen) atoms. The summed E-state index contributed by atoms with van der Waals surface area (Å²) in [6, 6.07) is 4.28. The third kappa shape index (κ3) is 11.2. The summed E-state index contributed by atoms with van der Waals surface area (Å²) in [5.41, 5.74) is 1.28. The van der Waals surface area contributed by atoms with E-state index in [-0.39, 0.29) is 24.2 Å². The monoisotopic (exact) mass is 531 g/mol. The highest BCUT2D eigenvalue weighted by Crippen LogP contribution is 2.33. The van der Waals surface area contributed by atoms with E-state index in [1.54, 1.807) is 0 Å². The van der Waals surface area contributed by atoms with Gasteiger partial charge in [-0.3, -0.25) is 14.7 Å². The number of halogens is 6.